The van der Waals surface area contributed by atoms with Gasteiger partial charge in [-0.1, -0.05) is 39.8 Å². The fourth-order valence-corrected chi connectivity index (χ4v) is 2.03. The van der Waals surface area contributed by atoms with E-state index in [0.717, 1.165) is 25.3 Å². The molecule has 1 aromatic carbocycles. The van der Waals surface area contributed by atoms with Crippen LogP contribution in [0.3, 0.4) is 0 Å². The van der Waals surface area contributed by atoms with E-state index in [0.29, 0.717) is 5.41 Å². The normalized spacial score (nSPS) is 12.1. The van der Waals surface area contributed by atoms with Crippen molar-refractivity contribution in [1.29, 1.82) is 0 Å². The summed E-state index contributed by atoms with van der Waals surface area (Å²) in [7, 11) is 0. The van der Waals surface area contributed by atoms with Crippen LogP contribution in [0.1, 0.15) is 46.1 Å². The number of nitrogens with two attached hydrogens (primary N) is 1. The Balaban J connectivity index is 2.57. The van der Waals surface area contributed by atoms with Gasteiger partial charge in [0, 0.05) is 12.2 Å². The molecule has 2 nitrogen and oxygen atoms in total. The van der Waals surface area contributed by atoms with E-state index in [4.69, 9.17) is 5.73 Å². The first-order valence-electron chi connectivity index (χ1n) is 6.97. The largest absolute Gasteiger partial charge is 0.399 e. The Morgan fingerprint density at radius 3 is 2.44 bits per heavy atom. The smallest absolute Gasteiger partial charge is 0.0317 e. The van der Waals surface area contributed by atoms with Crippen LogP contribution in [-0.4, -0.2) is 18.0 Å². The van der Waals surface area contributed by atoms with Crippen LogP contribution in [-0.2, 0) is 6.54 Å². The van der Waals surface area contributed by atoms with E-state index in [1.54, 1.807) is 0 Å². The second kappa shape index (κ2) is 6.79. The minimum atomic E-state index is 0.404. The summed E-state index contributed by atoms with van der Waals surface area (Å²) in [6.07, 6.45) is 2.43. The summed E-state index contributed by atoms with van der Waals surface area (Å²) in [4.78, 5) is 2.53. The van der Waals surface area contributed by atoms with E-state index in [9.17, 15) is 0 Å². The van der Waals surface area contributed by atoms with E-state index >= 15 is 0 Å². The lowest BCUT2D eigenvalue weighted by atomic mass is 9.92. The van der Waals surface area contributed by atoms with Gasteiger partial charge >= 0.3 is 0 Å². The van der Waals surface area contributed by atoms with Crippen molar-refractivity contribution in [2.75, 3.05) is 18.8 Å². The van der Waals surface area contributed by atoms with Crippen molar-refractivity contribution in [1.82, 2.24) is 4.90 Å². The Morgan fingerprint density at radius 2 is 1.89 bits per heavy atom. The highest BCUT2D eigenvalue weighted by Gasteiger charge is 2.13. The van der Waals surface area contributed by atoms with Gasteiger partial charge in [0.2, 0.25) is 0 Å². The van der Waals surface area contributed by atoms with Gasteiger partial charge in [-0.05, 0) is 49.0 Å². The van der Waals surface area contributed by atoms with Gasteiger partial charge in [0.25, 0.3) is 0 Å². The number of rotatable bonds is 6. The predicted octanol–water partition coefficient (Wildman–Crippen LogP) is 3.92. The fraction of sp³-hybridized carbons (Fsp3) is 0.625. The zero-order chi connectivity index (χ0) is 13.6. The molecule has 0 heterocycles. The van der Waals surface area contributed by atoms with Crippen molar-refractivity contribution in [3.63, 3.8) is 0 Å². The van der Waals surface area contributed by atoms with Gasteiger partial charge in [-0.25, -0.2) is 0 Å². The average molecular weight is 248 g/mol. The number of benzene rings is 1. The van der Waals surface area contributed by atoms with Crippen molar-refractivity contribution < 1.29 is 0 Å². The Kier molecular flexibility index (Phi) is 5.67. The third-order valence-corrected chi connectivity index (χ3v) is 3.08. The third kappa shape index (κ3) is 6.06. The standard InChI is InChI=1S/C16H28N2/c1-5-10-18(11-9-16(2,3)4)13-14-7-6-8-15(17)12-14/h6-8,12H,5,9-11,13,17H2,1-4H3. The molecule has 18 heavy (non-hydrogen) atoms. The molecule has 1 rings (SSSR count). The molecule has 0 aliphatic carbocycles. The molecular weight excluding hydrogens is 220 g/mol. The van der Waals surface area contributed by atoms with Gasteiger partial charge < -0.3 is 5.73 Å². The van der Waals surface area contributed by atoms with Gasteiger partial charge in [0.05, 0.1) is 0 Å². The number of nitrogens with zero attached hydrogens (tertiary/aromatic N) is 1. The summed E-state index contributed by atoms with van der Waals surface area (Å²) < 4.78 is 0. The molecule has 0 atom stereocenters. The Bertz CT molecular complexity index is 352. The molecule has 0 amide bonds. The average Bonchev–Trinajstić information content (AvgIpc) is 2.25. The van der Waals surface area contributed by atoms with Gasteiger partial charge in [-0.3, -0.25) is 4.90 Å². The van der Waals surface area contributed by atoms with E-state index < -0.39 is 0 Å². The molecule has 0 radical (unpaired) electrons. The number of hydrogen-bond donors (Lipinski definition) is 1. The predicted molar refractivity (Wildman–Crippen MR) is 80.5 cm³/mol. The quantitative estimate of drug-likeness (QED) is 0.773. The fourth-order valence-electron chi connectivity index (χ4n) is 2.03. The van der Waals surface area contributed by atoms with E-state index in [1.165, 1.54) is 18.4 Å². The molecule has 0 fully saturated rings. The maximum atomic E-state index is 5.83. The molecule has 2 N–H and O–H groups in total. The first kappa shape index (κ1) is 15.0. The second-order valence-corrected chi connectivity index (χ2v) is 6.33. The van der Waals surface area contributed by atoms with Gasteiger partial charge in [-0.2, -0.15) is 0 Å². The molecule has 0 saturated carbocycles. The molecule has 0 spiro atoms. The van der Waals surface area contributed by atoms with Crippen molar-refractivity contribution in [2.45, 2.75) is 47.1 Å². The SMILES string of the molecule is CCCN(CCC(C)(C)C)Cc1cccc(N)c1. The van der Waals surface area contributed by atoms with Crippen LogP contribution in [0.15, 0.2) is 24.3 Å². The molecular formula is C16H28N2. The van der Waals surface area contributed by atoms with Crippen molar-refractivity contribution in [2.24, 2.45) is 5.41 Å². The third-order valence-electron chi connectivity index (χ3n) is 3.08. The molecule has 0 bridgehead atoms. The molecule has 0 aliphatic heterocycles. The van der Waals surface area contributed by atoms with Crippen LogP contribution in [0, 0.1) is 5.41 Å². The van der Waals surface area contributed by atoms with Crippen LogP contribution in [0.4, 0.5) is 5.69 Å². The highest BCUT2D eigenvalue weighted by molar-refractivity contribution is 5.40. The lowest BCUT2D eigenvalue weighted by Crippen LogP contribution is -2.28. The van der Waals surface area contributed by atoms with Crippen LogP contribution in [0.2, 0.25) is 0 Å². The van der Waals surface area contributed by atoms with E-state index in [-0.39, 0.29) is 0 Å². The number of nitrogen functional groups attached to an aromatic ring is 1. The van der Waals surface area contributed by atoms with Crippen LogP contribution in [0.5, 0.6) is 0 Å². The summed E-state index contributed by atoms with van der Waals surface area (Å²) in [5, 5.41) is 0. The van der Waals surface area contributed by atoms with Crippen LogP contribution >= 0.6 is 0 Å². The highest BCUT2D eigenvalue weighted by atomic mass is 15.1. The summed E-state index contributed by atoms with van der Waals surface area (Å²) in [6, 6.07) is 8.23. The zero-order valence-electron chi connectivity index (χ0n) is 12.4. The monoisotopic (exact) mass is 248 g/mol. The first-order chi connectivity index (χ1) is 8.40. The Morgan fingerprint density at radius 1 is 1.17 bits per heavy atom. The van der Waals surface area contributed by atoms with Gasteiger partial charge in [0.15, 0.2) is 0 Å². The molecule has 0 unspecified atom stereocenters. The first-order valence-corrected chi connectivity index (χ1v) is 6.97. The van der Waals surface area contributed by atoms with Gasteiger partial charge in [0.1, 0.15) is 0 Å². The zero-order valence-corrected chi connectivity index (χ0v) is 12.4. The summed E-state index contributed by atoms with van der Waals surface area (Å²) >= 11 is 0. The highest BCUT2D eigenvalue weighted by Crippen LogP contribution is 2.20. The summed E-state index contributed by atoms with van der Waals surface area (Å²) in [5.41, 5.74) is 8.42. The minimum absolute atomic E-state index is 0.404. The minimum Gasteiger partial charge on any atom is -0.399 e. The van der Waals surface area contributed by atoms with Gasteiger partial charge in [-0.15, -0.1) is 0 Å². The summed E-state index contributed by atoms with van der Waals surface area (Å²) in [6.45, 7) is 12.5. The van der Waals surface area contributed by atoms with E-state index in [1.807, 2.05) is 12.1 Å². The van der Waals surface area contributed by atoms with Crippen molar-refractivity contribution in [3.8, 4) is 0 Å². The van der Waals surface area contributed by atoms with Crippen molar-refractivity contribution >= 4 is 5.69 Å². The molecule has 0 saturated heterocycles. The maximum Gasteiger partial charge on any atom is 0.0317 e. The molecule has 102 valence electrons. The maximum absolute atomic E-state index is 5.83. The summed E-state index contributed by atoms with van der Waals surface area (Å²) in [5.74, 6) is 0. The van der Waals surface area contributed by atoms with Crippen LogP contribution in [0.25, 0.3) is 0 Å². The van der Waals surface area contributed by atoms with Crippen LogP contribution < -0.4 is 5.73 Å². The van der Waals surface area contributed by atoms with Crippen molar-refractivity contribution in [3.05, 3.63) is 29.8 Å². The Hall–Kier alpha value is -1.02. The number of anilines is 1. The lowest BCUT2D eigenvalue weighted by molar-refractivity contribution is 0.221. The molecule has 1 aromatic rings. The Labute approximate surface area is 112 Å². The molecule has 0 aromatic heterocycles. The molecule has 0 aliphatic rings. The number of hydrogen-bond acceptors (Lipinski definition) is 2. The lowest BCUT2D eigenvalue weighted by Gasteiger charge is -2.26. The molecule has 2 heteroatoms. The second-order valence-electron chi connectivity index (χ2n) is 6.33. The topological polar surface area (TPSA) is 29.3 Å². The van der Waals surface area contributed by atoms with E-state index in [2.05, 4.69) is 44.7 Å².